The minimum Gasteiger partial charge on any atom is -0.481 e. The van der Waals surface area contributed by atoms with E-state index in [4.69, 9.17) is 4.74 Å². The van der Waals surface area contributed by atoms with Crippen molar-refractivity contribution in [2.75, 3.05) is 13.2 Å². The van der Waals surface area contributed by atoms with Crippen LogP contribution in [0, 0.1) is 5.41 Å². The van der Waals surface area contributed by atoms with Gasteiger partial charge in [-0.3, -0.25) is 4.79 Å². The maximum absolute atomic E-state index is 11.2. The number of hydrogen-bond donors (Lipinski definition) is 2. The van der Waals surface area contributed by atoms with Crippen LogP contribution in [0.1, 0.15) is 40.5 Å². The Morgan fingerprint density at radius 3 is 2.50 bits per heavy atom. The minimum atomic E-state index is -0.800. The lowest BCUT2D eigenvalue weighted by Gasteiger charge is -2.39. The highest BCUT2D eigenvalue weighted by atomic mass is 16.5. The number of ether oxygens (including phenoxy) is 1. The van der Waals surface area contributed by atoms with Gasteiger partial charge in [-0.1, -0.05) is 0 Å². The van der Waals surface area contributed by atoms with Crippen molar-refractivity contribution in [2.24, 2.45) is 5.41 Å². The van der Waals surface area contributed by atoms with Crippen molar-refractivity contribution >= 4 is 5.97 Å². The smallest absolute Gasteiger partial charge is 0.310 e. The summed E-state index contributed by atoms with van der Waals surface area (Å²) in [5.74, 6) is -0.780. The molecule has 1 unspecified atom stereocenters. The Hall–Kier alpha value is -0.610. The maximum atomic E-state index is 11.2. The second-order valence-corrected chi connectivity index (χ2v) is 5.57. The zero-order valence-electron chi connectivity index (χ0n) is 10.7. The van der Waals surface area contributed by atoms with E-state index in [0.29, 0.717) is 0 Å². The molecular formula is C12H23NO3. The zero-order valence-corrected chi connectivity index (χ0v) is 10.7. The molecule has 0 aliphatic carbocycles. The molecule has 0 aromatic rings. The third-order valence-electron chi connectivity index (χ3n) is 3.89. The predicted octanol–water partition coefficient (Wildman–Crippen LogP) is 1.64. The SMILES string of the molecule is CC(C)(NCC1CCCO1)C(C)(C)C(=O)O. The summed E-state index contributed by atoms with van der Waals surface area (Å²) in [4.78, 5) is 11.2. The molecule has 1 aliphatic rings. The molecule has 2 N–H and O–H groups in total. The van der Waals surface area contributed by atoms with E-state index in [1.54, 1.807) is 13.8 Å². The summed E-state index contributed by atoms with van der Waals surface area (Å²) in [5.41, 5.74) is -1.25. The summed E-state index contributed by atoms with van der Waals surface area (Å²) in [6.45, 7) is 8.90. The third kappa shape index (κ3) is 2.74. The molecule has 0 spiro atoms. The van der Waals surface area contributed by atoms with E-state index >= 15 is 0 Å². The standard InChI is InChI=1S/C12H23NO3/c1-11(2,10(14)15)12(3,4)13-8-9-6-5-7-16-9/h9,13H,5-8H2,1-4H3,(H,14,15). The van der Waals surface area contributed by atoms with Crippen LogP contribution in [0.25, 0.3) is 0 Å². The molecule has 1 aliphatic heterocycles. The highest BCUT2D eigenvalue weighted by molar-refractivity contribution is 5.75. The van der Waals surface area contributed by atoms with Crippen molar-refractivity contribution in [2.45, 2.75) is 52.2 Å². The normalized spacial score (nSPS) is 22.4. The van der Waals surface area contributed by atoms with Crippen LogP contribution < -0.4 is 5.32 Å². The molecule has 0 amide bonds. The molecule has 4 heteroatoms. The second-order valence-electron chi connectivity index (χ2n) is 5.57. The molecule has 16 heavy (non-hydrogen) atoms. The number of nitrogens with one attached hydrogen (secondary N) is 1. The van der Waals surface area contributed by atoms with Crippen LogP contribution >= 0.6 is 0 Å². The van der Waals surface area contributed by atoms with Crippen LogP contribution in [0.4, 0.5) is 0 Å². The van der Waals surface area contributed by atoms with E-state index in [1.165, 1.54) is 0 Å². The summed E-state index contributed by atoms with van der Waals surface area (Å²) in [6.07, 6.45) is 2.41. The Kier molecular flexibility index (Phi) is 3.97. The Bertz CT molecular complexity index is 255. The molecule has 1 fully saturated rings. The molecule has 0 saturated carbocycles. The number of rotatable bonds is 5. The van der Waals surface area contributed by atoms with Gasteiger partial charge in [-0.05, 0) is 40.5 Å². The number of aliphatic carboxylic acids is 1. The first-order chi connectivity index (χ1) is 7.27. The highest BCUT2D eigenvalue weighted by Crippen LogP contribution is 2.30. The summed E-state index contributed by atoms with van der Waals surface area (Å²) in [6, 6.07) is 0. The summed E-state index contributed by atoms with van der Waals surface area (Å²) in [5, 5.41) is 12.5. The summed E-state index contributed by atoms with van der Waals surface area (Å²) >= 11 is 0. The van der Waals surface area contributed by atoms with Gasteiger partial charge >= 0.3 is 5.97 Å². The van der Waals surface area contributed by atoms with E-state index < -0.39 is 16.9 Å². The van der Waals surface area contributed by atoms with Crippen molar-refractivity contribution in [3.8, 4) is 0 Å². The van der Waals surface area contributed by atoms with Gasteiger partial charge in [0, 0.05) is 18.7 Å². The molecule has 1 saturated heterocycles. The third-order valence-corrected chi connectivity index (χ3v) is 3.89. The molecule has 1 atom stereocenters. The Labute approximate surface area is 97.4 Å². The fourth-order valence-corrected chi connectivity index (χ4v) is 1.66. The lowest BCUT2D eigenvalue weighted by atomic mass is 9.74. The number of carboxylic acids is 1. The van der Waals surface area contributed by atoms with Gasteiger partial charge in [0.15, 0.2) is 0 Å². The molecule has 0 radical (unpaired) electrons. The van der Waals surface area contributed by atoms with E-state index in [2.05, 4.69) is 5.32 Å². The Morgan fingerprint density at radius 1 is 1.44 bits per heavy atom. The van der Waals surface area contributed by atoms with E-state index in [1.807, 2.05) is 13.8 Å². The average molecular weight is 229 g/mol. The van der Waals surface area contributed by atoms with Gasteiger partial charge in [0.25, 0.3) is 0 Å². The summed E-state index contributed by atoms with van der Waals surface area (Å²) in [7, 11) is 0. The van der Waals surface area contributed by atoms with Crippen LogP contribution in [0.15, 0.2) is 0 Å². The Morgan fingerprint density at radius 2 is 2.06 bits per heavy atom. The first-order valence-corrected chi connectivity index (χ1v) is 5.87. The molecule has 0 bridgehead atoms. The van der Waals surface area contributed by atoms with E-state index in [0.717, 1.165) is 26.0 Å². The molecule has 4 nitrogen and oxygen atoms in total. The van der Waals surface area contributed by atoms with Crippen LogP contribution in [0.2, 0.25) is 0 Å². The fraction of sp³-hybridized carbons (Fsp3) is 0.917. The van der Waals surface area contributed by atoms with Gasteiger partial charge < -0.3 is 15.2 Å². The van der Waals surface area contributed by atoms with Gasteiger partial charge in [-0.2, -0.15) is 0 Å². The van der Waals surface area contributed by atoms with Crippen molar-refractivity contribution in [3.63, 3.8) is 0 Å². The Balaban J connectivity index is 2.52. The molecule has 1 heterocycles. The first-order valence-electron chi connectivity index (χ1n) is 5.87. The second kappa shape index (κ2) is 4.72. The minimum absolute atomic E-state index is 0.240. The monoisotopic (exact) mass is 229 g/mol. The number of carboxylic acid groups (broad SMARTS) is 1. The van der Waals surface area contributed by atoms with Gasteiger partial charge in [0.1, 0.15) is 0 Å². The molecular weight excluding hydrogens is 206 g/mol. The predicted molar refractivity (Wildman–Crippen MR) is 62.5 cm³/mol. The van der Waals surface area contributed by atoms with Gasteiger partial charge in [-0.25, -0.2) is 0 Å². The first kappa shape index (κ1) is 13.5. The van der Waals surface area contributed by atoms with Crippen LogP contribution in [-0.4, -0.2) is 35.9 Å². The molecule has 94 valence electrons. The fourth-order valence-electron chi connectivity index (χ4n) is 1.66. The highest BCUT2D eigenvalue weighted by Gasteiger charge is 2.43. The lowest BCUT2D eigenvalue weighted by Crippen LogP contribution is -2.56. The molecule has 1 rings (SSSR count). The molecule has 0 aromatic carbocycles. The quantitative estimate of drug-likeness (QED) is 0.752. The van der Waals surface area contributed by atoms with Gasteiger partial charge in [0.2, 0.25) is 0 Å². The number of hydrogen-bond acceptors (Lipinski definition) is 3. The zero-order chi connectivity index (χ0) is 12.4. The van der Waals surface area contributed by atoms with E-state index in [-0.39, 0.29) is 6.10 Å². The summed E-state index contributed by atoms with van der Waals surface area (Å²) < 4.78 is 5.51. The van der Waals surface area contributed by atoms with Crippen LogP contribution in [-0.2, 0) is 9.53 Å². The number of carbonyl (C=O) groups is 1. The van der Waals surface area contributed by atoms with Crippen molar-refractivity contribution in [3.05, 3.63) is 0 Å². The van der Waals surface area contributed by atoms with Crippen molar-refractivity contribution < 1.29 is 14.6 Å². The maximum Gasteiger partial charge on any atom is 0.310 e. The lowest BCUT2D eigenvalue weighted by molar-refractivity contribution is -0.151. The van der Waals surface area contributed by atoms with Gasteiger partial charge in [-0.15, -0.1) is 0 Å². The average Bonchev–Trinajstić information content (AvgIpc) is 2.66. The van der Waals surface area contributed by atoms with Gasteiger partial charge in [0.05, 0.1) is 11.5 Å². The van der Waals surface area contributed by atoms with Crippen molar-refractivity contribution in [1.29, 1.82) is 0 Å². The van der Waals surface area contributed by atoms with E-state index in [9.17, 15) is 9.90 Å². The van der Waals surface area contributed by atoms with Crippen molar-refractivity contribution in [1.82, 2.24) is 5.32 Å². The largest absolute Gasteiger partial charge is 0.481 e. The van der Waals surface area contributed by atoms with Crippen LogP contribution in [0.3, 0.4) is 0 Å². The molecule has 0 aromatic heterocycles. The topological polar surface area (TPSA) is 58.6 Å². The van der Waals surface area contributed by atoms with Crippen LogP contribution in [0.5, 0.6) is 0 Å².